The quantitative estimate of drug-likeness (QED) is 0.675. The standard InChI is InChI=1S/C9H12BrN/c10-8-5-6-11(7-8)9-3-1-2-4-9/h5-7,9H,1-4H2. The zero-order chi connectivity index (χ0) is 7.68. The Morgan fingerprint density at radius 1 is 1.36 bits per heavy atom. The highest BCUT2D eigenvalue weighted by Crippen LogP contribution is 2.30. The van der Waals surface area contributed by atoms with E-state index >= 15 is 0 Å². The fourth-order valence-corrected chi connectivity index (χ4v) is 2.17. The zero-order valence-corrected chi connectivity index (χ0v) is 8.05. The molecule has 0 radical (unpaired) electrons. The van der Waals surface area contributed by atoms with Crippen LogP contribution in [0.2, 0.25) is 0 Å². The van der Waals surface area contributed by atoms with Gasteiger partial charge in [0.25, 0.3) is 0 Å². The van der Waals surface area contributed by atoms with Crippen LogP contribution in [0.25, 0.3) is 0 Å². The van der Waals surface area contributed by atoms with Crippen LogP contribution < -0.4 is 0 Å². The Labute approximate surface area is 75.5 Å². The molecule has 0 atom stereocenters. The first-order valence-electron chi connectivity index (χ1n) is 4.19. The number of hydrogen-bond donors (Lipinski definition) is 0. The first-order valence-corrected chi connectivity index (χ1v) is 4.98. The minimum absolute atomic E-state index is 0.779. The number of nitrogens with zero attached hydrogens (tertiary/aromatic N) is 1. The highest BCUT2D eigenvalue weighted by molar-refractivity contribution is 9.10. The summed E-state index contributed by atoms with van der Waals surface area (Å²) in [7, 11) is 0. The zero-order valence-electron chi connectivity index (χ0n) is 6.46. The van der Waals surface area contributed by atoms with Crippen molar-refractivity contribution in [3.63, 3.8) is 0 Å². The second-order valence-electron chi connectivity index (χ2n) is 3.22. The van der Waals surface area contributed by atoms with Crippen molar-refractivity contribution in [1.29, 1.82) is 0 Å². The monoisotopic (exact) mass is 213 g/mol. The Morgan fingerprint density at radius 3 is 2.64 bits per heavy atom. The van der Waals surface area contributed by atoms with E-state index in [1.54, 1.807) is 0 Å². The van der Waals surface area contributed by atoms with Crippen LogP contribution in [0.4, 0.5) is 0 Å². The van der Waals surface area contributed by atoms with Gasteiger partial charge in [-0.1, -0.05) is 12.8 Å². The lowest BCUT2D eigenvalue weighted by Crippen LogP contribution is -2.00. The van der Waals surface area contributed by atoms with Crippen molar-refractivity contribution in [2.45, 2.75) is 31.7 Å². The molecule has 0 saturated heterocycles. The van der Waals surface area contributed by atoms with Gasteiger partial charge in [0.05, 0.1) is 0 Å². The van der Waals surface area contributed by atoms with E-state index < -0.39 is 0 Å². The number of hydrogen-bond acceptors (Lipinski definition) is 0. The first kappa shape index (κ1) is 7.41. The Balaban J connectivity index is 2.15. The predicted molar refractivity (Wildman–Crippen MR) is 49.6 cm³/mol. The van der Waals surface area contributed by atoms with E-state index in [2.05, 4.69) is 39.0 Å². The molecule has 0 aliphatic heterocycles. The van der Waals surface area contributed by atoms with Gasteiger partial charge in [-0.25, -0.2) is 0 Å². The summed E-state index contributed by atoms with van der Waals surface area (Å²) < 4.78 is 3.53. The minimum atomic E-state index is 0.779. The number of halogens is 1. The fraction of sp³-hybridized carbons (Fsp3) is 0.556. The van der Waals surface area contributed by atoms with Gasteiger partial charge in [-0.15, -0.1) is 0 Å². The summed E-state index contributed by atoms with van der Waals surface area (Å²) in [5.41, 5.74) is 0. The molecule has 1 saturated carbocycles. The van der Waals surface area contributed by atoms with Gasteiger partial charge < -0.3 is 4.57 Å². The molecule has 0 amide bonds. The largest absolute Gasteiger partial charge is 0.350 e. The van der Waals surface area contributed by atoms with Crippen molar-refractivity contribution in [2.24, 2.45) is 0 Å². The molecule has 1 heterocycles. The highest BCUT2D eigenvalue weighted by atomic mass is 79.9. The molecule has 1 aromatic rings. The third kappa shape index (κ3) is 1.51. The molecule has 0 bridgehead atoms. The van der Waals surface area contributed by atoms with Crippen LogP contribution in [0.5, 0.6) is 0 Å². The maximum atomic E-state index is 3.46. The SMILES string of the molecule is Brc1ccn(C2CCCC2)c1. The van der Waals surface area contributed by atoms with Gasteiger partial charge in [-0.05, 0) is 34.8 Å². The third-order valence-corrected chi connectivity index (χ3v) is 2.89. The third-order valence-electron chi connectivity index (χ3n) is 2.42. The normalized spacial score (nSPS) is 19.4. The summed E-state index contributed by atoms with van der Waals surface area (Å²) in [6.07, 6.45) is 9.87. The molecule has 1 nitrogen and oxygen atoms in total. The fourth-order valence-electron chi connectivity index (χ4n) is 1.82. The lowest BCUT2D eigenvalue weighted by Gasteiger charge is -2.09. The summed E-state index contributed by atoms with van der Waals surface area (Å²) in [4.78, 5) is 0. The van der Waals surface area contributed by atoms with Crippen LogP contribution in [0.15, 0.2) is 22.9 Å². The minimum Gasteiger partial charge on any atom is -0.350 e. The molecule has 0 aromatic carbocycles. The van der Waals surface area contributed by atoms with E-state index in [0.29, 0.717) is 0 Å². The molecular weight excluding hydrogens is 202 g/mol. The van der Waals surface area contributed by atoms with Crippen molar-refractivity contribution in [3.8, 4) is 0 Å². The van der Waals surface area contributed by atoms with Crippen LogP contribution >= 0.6 is 15.9 Å². The van der Waals surface area contributed by atoms with Crippen molar-refractivity contribution in [3.05, 3.63) is 22.9 Å². The maximum Gasteiger partial charge on any atom is 0.0352 e. The van der Waals surface area contributed by atoms with Crippen LogP contribution in [-0.4, -0.2) is 4.57 Å². The molecule has 60 valence electrons. The Hall–Kier alpha value is -0.240. The van der Waals surface area contributed by atoms with Crippen molar-refractivity contribution in [2.75, 3.05) is 0 Å². The van der Waals surface area contributed by atoms with Gasteiger partial charge in [0.2, 0.25) is 0 Å². The molecule has 11 heavy (non-hydrogen) atoms. The first-order chi connectivity index (χ1) is 5.36. The predicted octanol–water partition coefficient (Wildman–Crippen LogP) is 3.37. The number of rotatable bonds is 1. The molecule has 2 heteroatoms. The molecule has 2 rings (SSSR count). The molecule has 0 unspecified atom stereocenters. The van der Waals surface area contributed by atoms with Gasteiger partial charge in [0.15, 0.2) is 0 Å². The Kier molecular flexibility index (Phi) is 2.03. The smallest absolute Gasteiger partial charge is 0.0352 e. The number of aromatic nitrogens is 1. The van der Waals surface area contributed by atoms with Crippen LogP contribution in [0, 0.1) is 0 Å². The van der Waals surface area contributed by atoms with Gasteiger partial charge in [0, 0.05) is 22.9 Å². The second-order valence-corrected chi connectivity index (χ2v) is 4.13. The van der Waals surface area contributed by atoms with Crippen LogP contribution in [-0.2, 0) is 0 Å². The van der Waals surface area contributed by atoms with Crippen molar-refractivity contribution < 1.29 is 0 Å². The second kappa shape index (κ2) is 3.02. The molecular formula is C9H12BrN. The van der Waals surface area contributed by atoms with E-state index in [1.807, 2.05) is 0 Å². The summed E-state index contributed by atoms with van der Waals surface area (Å²) in [5, 5.41) is 0. The molecule has 1 aliphatic rings. The summed E-state index contributed by atoms with van der Waals surface area (Å²) >= 11 is 3.46. The summed E-state index contributed by atoms with van der Waals surface area (Å²) in [6.45, 7) is 0. The summed E-state index contributed by atoms with van der Waals surface area (Å²) in [5.74, 6) is 0. The van der Waals surface area contributed by atoms with E-state index in [9.17, 15) is 0 Å². The molecule has 1 aromatic heterocycles. The van der Waals surface area contributed by atoms with Gasteiger partial charge in [-0.3, -0.25) is 0 Å². The molecule has 1 fully saturated rings. The summed E-state index contributed by atoms with van der Waals surface area (Å²) in [6, 6.07) is 2.89. The lowest BCUT2D eigenvalue weighted by atomic mass is 10.2. The van der Waals surface area contributed by atoms with E-state index in [-0.39, 0.29) is 0 Å². The van der Waals surface area contributed by atoms with E-state index in [1.165, 1.54) is 30.2 Å². The molecule has 1 aliphatic carbocycles. The Bertz CT molecular complexity index is 235. The Morgan fingerprint density at radius 2 is 2.09 bits per heavy atom. The average Bonchev–Trinajstić information content (AvgIpc) is 2.55. The average molecular weight is 214 g/mol. The van der Waals surface area contributed by atoms with E-state index in [4.69, 9.17) is 0 Å². The topological polar surface area (TPSA) is 4.93 Å². The van der Waals surface area contributed by atoms with Crippen LogP contribution in [0.1, 0.15) is 31.7 Å². The van der Waals surface area contributed by atoms with Crippen LogP contribution in [0.3, 0.4) is 0 Å². The van der Waals surface area contributed by atoms with Gasteiger partial charge in [-0.2, -0.15) is 0 Å². The van der Waals surface area contributed by atoms with Crippen molar-refractivity contribution >= 4 is 15.9 Å². The van der Waals surface area contributed by atoms with Gasteiger partial charge >= 0.3 is 0 Å². The van der Waals surface area contributed by atoms with Crippen molar-refractivity contribution in [1.82, 2.24) is 4.57 Å². The maximum absolute atomic E-state index is 3.46. The molecule has 0 N–H and O–H groups in total. The highest BCUT2D eigenvalue weighted by Gasteiger charge is 2.15. The van der Waals surface area contributed by atoms with E-state index in [0.717, 1.165) is 6.04 Å². The van der Waals surface area contributed by atoms with Gasteiger partial charge in [0.1, 0.15) is 0 Å². The molecule has 0 spiro atoms. The lowest BCUT2D eigenvalue weighted by molar-refractivity contribution is 0.520.